The minimum atomic E-state index is -0.530. The number of benzene rings is 1. The van der Waals surface area contributed by atoms with Crippen molar-refractivity contribution >= 4 is 22.7 Å². The van der Waals surface area contributed by atoms with Crippen molar-refractivity contribution in [1.29, 1.82) is 0 Å². The first kappa shape index (κ1) is 23.9. The van der Waals surface area contributed by atoms with Crippen LogP contribution in [0.25, 0.3) is 22.4 Å². The average Bonchev–Trinajstić information content (AvgIpc) is 3.52. The van der Waals surface area contributed by atoms with Crippen LogP contribution in [0, 0.1) is 5.82 Å². The Morgan fingerprint density at radius 2 is 2.03 bits per heavy atom. The Kier molecular flexibility index (Phi) is 6.66. The number of likely N-dealkylation sites (tertiary alicyclic amines) is 1. The molecule has 1 N–H and O–H groups in total. The van der Waals surface area contributed by atoms with Gasteiger partial charge in [0, 0.05) is 50.6 Å². The molecule has 1 aromatic carbocycles. The van der Waals surface area contributed by atoms with Crippen molar-refractivity contribution in [1.82, 2.24) is 29.6 Å². The molecule has 188 valence electrons. The number of hydrogen-bond acceptors (Lipinski definition) is 9. The number of aromatic nitrogens is 5. The fourth-order valence-electron chi connectivity index (χ4n) is 4.41. The third-order valence-corrected chi connectivity index (χ3v) is 6.35. The highest BCUT2D eigenvalue weighted by Gasteiger charge is 2.25. The first-order valence-corrected chi connectivity index (χ1v) is 11.7. The number of anilines is 2. The number of pyridine rings is 1. The highest BCUT2D eigenvalue weighted by atomic mass is 19.1. The van der Waals surface area contributed by atoms with E-state index in [9.17, 15) is 5.11 Å². The summed E-state index contributed by atoms with van der Waals surface area (Å²) in [5.74, 6) is 0.476. The highest BCUT2D eigenvalue weighted by molar-refractivity contribution is 5.77. The third kappa shape index (κ3) is 4.67. The van der Waals surface area contributed by atoms with E-state index in [1.54, 1.807) is 34.1 Å². The lowest BCUT2D eigenvalue weighted by Gasteiger charge is -2.29. The van der Waals surface area contributed by atoms with Crippen LogP contribution in [0.3, 0.4) is 0 Å². The van der Waals surface area contributed by atoms with Crippen molar-refractivity contribution in [2.45, 2.75) is 19.1 Å². The molecule has 0 radical (unpaired) electrons. The minimum Gasteiger partial charge on any atom is -0.497 e. The van der Waals surface area contributed by atoms with Gasteiger partial charge in [-0.05, 0) is 25.0 Å². The molecule has 0 amide bonds. The third-order valence-electron chi connectivity index (χ3n) is 6.35. The van der Waals surface area contributed by atoms with Crippen molar-refractivity contribution in [2.24, 2.45) is 7.05 Å². The maximum absolute atomic E-state index is 15.6. The van der Waals surface area contributed by atoms with Gasteiger partial charge in [0.15, 0.2) is 17.2 Å². The fraction of sp³-hybridized carbons (Fsp3) is 0.360. The number of aliphatic hydroxyl groups is 1. The molecule has 1 atom stereocenters. The zero-order valence-electron chi connectivity index (χ0n) is 20.4. The molecule has 0 saturated carbocycles. The Morgan fingerprint density at radius 1 is 1.17 bits per heavy atom. The van der Waals surface area contributed by atoms with Crippen molar-refractivity contribution in [3.8, 4) is 22.8 Å². The van der Waals surface area contributed by atoms with E-state index in [0.717, 1.165) is 24.9 Å². The van der Waals surface area contributed by atoms with Crippen LogP contribution in [0.1, 0.15) is 12.8 Å². The molecule has 1 unspecified atom stereocenters. The van der Waals surface area contributed by atoms with Gasteiger partial charge in [-0.1, -0.05) is 0 Å². The van der Waals surface area contributed by atoms with Crippen LogP contribution in [-0.2, 0) is 7.05 Å². The fourth-order valence-corrected chi connectivity index (χ4v) is 4.41. The molecular weight excluding hydrogens is 465 g/mol. The van der Waals surface area contributed by atoms with Crippen LogP contribution in [0.15, 0.2) is 42.9 Å². The molecule has 10 nitrogen and oxygen atoms in total. The SMILES string of the molecule is COc1cc(OC)c(F)c(N(CCN2CCCC2O)c2ccc3ncc(-c4cnn(C)c4)nc3n2)c1. The Bertz CT molecular complexity index is 1380. The molecule has 3 aromatic heterocycles. The number of hydrogen-bond donors (Lipinski definition) is 1. The average molecular weight is 494 g/mol. The second kappa shape index (κ2) is 10.0. The summed E-state index contributed by atoms with van der Waals surface area (Å²) in [5, 5.41) is 14.5. The Hall–Kier alpha value is -3.83. The standard InChI is InChI=1S/C25H28FN7O3/c1-31-15-16(13-28-31)19-14-27-18-6-7-22(30-25(18)29-19)33(10-9-32-8-4-5-23(32)34)20-11-17(35-2)12-21(36-3)24(20)26/h6-7,11-15,23,34H,4-5,8-10H2,1-3H3. The predicted octanol–water partition coefficient (Wildman–Crippen LogP) is 3.13. The Morgan fingerprint density at radius 3 is 2.72 bits per heavy atom. The summed E-state index contributed by atoms with van der Waals surface area (Å²) in [5.41, 5.74) is 2.76. The van der Waals surface area contributed by atoms with E-state index >= 15 is 4.39 Å². The zero-order chi connectivity index (χ0) is 25.2. The maximum Gasteiger partial charge on any atom is 0.188 e. The summed E-state index contributed by atoms with van der Waals surface area (Å²) in [7, 11) is 4.77. The normalized spacial score (nSPS) is 16.0. The zero-order valence-corrected chi connectivity index (χ0v) is 20.4. The molecular formula is C25H28FN7O3. The molecule has 1 fully saturated rings. The highest BCUT2D eigenvalue weighted by Crippen LogP contribution is 2.36. The van der Waals surface area contributed by atoms with E-state index in [0.29, 0.717) is 41.5 Å². The topological polar surface area (TPSA) is 102 Å². The number of methoxy groups -OCH3 is 2. The molecule has 0 aliphatic carbocycles. The molecule has 0 spiro atoms. The largest absolute Gasteiger partial charge is 0.497 e. The van der Waals surface area contributed by atoms with Gasteiger partial charge in [-0.3, -0.25) is 14.6 Å². The maximum atomic E-state index is 15.6. The van der Waals surface area contributed by atoms with E-state index in [4.69, 9.17) is 14.5 Å². The smallest absolute Gasteiger partial charge is 0.188 e. The van der Waals surface area contributed by atoms with Crippen LogP contribution in [0.5, 0.6) is 11.5 Å². The van der Waals surface area contributed by atoms with Gasteiger partial charge in [-0.15, -0.1) is 0 Å². The van der Waals surface area contributed by atoms with Crippen LogP contribution in [-0.4, -0.2) is 74.8 Å². The first-order chi connectivity index (χ1) is 17.5. The monoisotopic (exact) mass is 493 g/mol. The van der Waals surface area contributed by atoms with Gasteiger partial charge in [0.05, 0.1) is 38.0 Å². The summed E-state index contributed by atoms with van der Waals surface area (Å²) in [6, 6.07) is 6.71. The van der Waals surface area contributed by atoms with Crippen LogP contribution in [0.4, 0.5) is 15.9 Å². The van der Waals surface area contributed by atoms with Gasteiger partial charge in [-0.2, -0.15) is 5.10 Å². The molecule has 1 aliphatic heterocycles. The van der Waals surface area contributed by atoms with E-state index in [-0.39, 0.29) is 11.4 Å². The summed E-state index contributed by atoms with van der Waals surface area (Å²) in [6.07, 6.45) is 6.39. The number of aryl methyl sites for hydroxylation is 1. The summed E-state index contributed by atoms with van der Waals surface area (Å²) >= 11 is 0. The van der Waals surface area contributed by atoms with Crippen molar-refractivity contribution in [3.05, 3.63) is 48.7 Å². The lowest BCUT2D eigenvalue weighted by atomic mass is 10.2. The summed E-state index contributed by atoms with van der Waals surface area (Å²) in [4.78, 5) is 17.7. The van der Waals surface area contributed by atoms with Crippen LogP contribution >= 0.6 is 0 Å². The molecule has 4 aromatic rings. The molecule has 1 aliphatic rings. The van der Waals surface area contributed by atoms with E-state index in [1.165, 1.54) is 20.3 Å². The van der Waals surface area contributed by atoms with Gasteiger partial charge in [-0.25, -0.2) is 14.4 Å². The number of nitrogens with zero attached hydrogens (tertiary/aromatic N) is 7. The molecule has 4 heterocycles. The van der Waals surface area contributed by atoms with Crippen molar-refractivity contribution in [3.63, 3.8) is 0 Å². The molecule has 11 heteroatoms. The summed E-state index contributed by atoms with van der Waals surface area (Å²) < 4.78 is 27.9. The van der Waals surface area contributed by atoms with Gasteiger partial charge < -0.3 is 19.5 Å². The van der Waals surface area contributed by atoms with Gasteiger partial charge in [0.25, 0.3) is 0 Å². The van der Waals surface area contributed by atoms with Crippen LogP contribution in [0.2, 0.25) is 0 Å². The second-order valence-electron chi connectivity index (χ2n) is 8.64. The van der Waals surface area contributed by atoms with E-state index in [1.807, 2.05) is 24.2 Å². The molecule has 0 bridgehead atoms. The van der Waals surface area contributed by atoms with Gasteiger partial charge in [0.2, 0.25) is 0 Å². The Balaban J connectivity index is 1.58. The minimum absolute atomic E-state index is 0.0648. The number of aliphatic hydroxyl groups excluding tert-OH is 1. The molecule has 1 saturated heterocycles. The molecule has 36 heavy (non-hydrogen) atoms. The van der Waals surface area contributed by atoms with Crippen LogP contribution < -0.4 is 14.4 Å². The number of rotatable bonds is 8. The lowest BCUT2D eigenvalue weighted by Crippen LogP contribution is -2.36. The van der Waals surface area contributed by atoms with E-state index < -0.39 is 12.0 Å². The Labute approximate surface area is 207 Å². The van der Waals surface area contributed by atoms with Gasteiger partial charge >= 0.3 is 0 Å². The molecule has 5 rings (SSSR count). The number of fused-ring (bicyclic) bond motifs is 1. The predicted molar refractivity (Wildman–Crippen MR) is 133 cm³/mol. The van der Waals surface area contributed by atoms with Crippen molar-refractivity contribution < 1.29 is 19.0 Å². The lowest BCUT2D eigenvalue weighted by molar-refractivity contribution is 0.0405. The quantitative estimate of drug-likeness (QED) is 0.397. The number of ether oxygens (including phenoxy) is 2. The summed E-state index contributed by atoms with van der Waals surface area (Å²) in [6.45, 7) is 1.67. The second-order valence-corrected chi connectivity index (χ2v) is 8.64. The number of halogens is 1. The van der Waals surface area contributed by atoms with Gasteiger partial charge in [0.1, 0.15) is 23.3 Å². The van der Waals surface area contributed by atoms with Crippen molar-refractivity contribution in [2.75, 3.05) is 38.8 Å². The first-order valence-electron chi connectivity index (χ1n) is 11.7. The van der Waals surface area contributed by atoms with E-state index in [2.05, 4.69) is 15.1 Å².